The highest BCUT2D eigenvalue weighted by molar-refractivity contribution is 6.04. The number of H-pyrrole nitrogens is 1. The van der Waals surface area contributed by atoms with Gasteiger partial charge in [0.05, 0.1) is 25.3 Å². The zero-order valence-electron chi connectivity index (χ0n) is 14.4. The van der Waals surface area contributed by atoms with Gasteiger partial charge in [0.1, 0.15) is 5.84 Å². The van der Waals surface area contributed by atoms with E-state index in [1.54, 1.807) is 25.9 Å². The number of esters is 2. The standard InChI is InChI=1S/C15H17N5O5/c1-7(20(2)3)16-15-17-9-6-8(13(22)24-4)10(14(23)25-5)18-11(9)12(21)19-15/h6H,1-5H3,(H,17,19,21)/b16-7+. The van der Waals surface area contributed by atoms with E-state index in [-0.39, 0.29) is 28.2 Å². The van der Waals surface area contributed by atoms with Crippen molar-refractivity contribution in [3.05, 3.63) is 27.7 Å². The van der Waals surface area contributed by atoms with Crippen molar-refractivity contribution < 1.29 is 19.1 Å². The van der Waals surface area contributed by atoms with E-state index in [0.29, 0.717) is 5.84 Å². The third-order valence-electron chi connectivity index (χ3n) is 3.37. The fourth-order valence-electron chi connectivity index (χ4n) is 1.88. The topological polar surface area (TPSA) is 127 Å². The van der Waals surface area contributed by atoms with Gasteiger partial charge in [0.25, 0.3) is 5.56 Å². The molecule has 132 valence electrons. The van der Waals surface area contributed by atoms with Crippen LogP contribution in [0.5, 0.6) is 0 Å². The van der Waals surface area contributed by atoms with Crippen molar-refractivity contribution in [2.24, 2.45) is 4.99 Å². The van der Waals surface area contributed by atoms with E-state index >= 15 is 0 Å². The summed E-state index contributed by atoms with van der Waals surface area (Å²) in [7, 11) is 5.88. The first-order valence-corrected chi connectivity index (χ1v) is 7.12. The van der Waals surface area contributed by atoms with Gasteiger partial charge < -0.3 is 14.4 Å². The molecular weight excluding hydrogens is 330 g/mol. The number of aromatic amines is 1. The van der Waals surface area contributed by atoms with Crippen LogP contribution in [0.1, 0.15) is 27.8 Å². The molecule has 0 bridgehead atoms. The van der Waals surface area contributed by atoms with E-state index in [2.05, 4.69) is 29.4 Å². The molecule has 0 aliphatic carbocycles. The predicted molar refractivity (Wildman–Crippen MR) is 89.3 cm³/mol. The summed E-state index contributed by atoms with van der Waals surface area (Å²) < 4.78 is 9.24. The van der Waals surface area contributed by atoms with Crippen molar-refractivity contribution >= 4 is 34.8 Å². The molecule has 2 rings (SSSR count). The van der Waals surface area contributed by atoms with Gasteiger partial charge in [-0.3, -0.25) is 9.78 Å². The van der Waals surface area contributed by atoms with E-state index in [9.17, 15) is 14.4 Å². The second-order valence-corrected chi connectivity index (χ2v) is 5.18. The molecule has 2 heterocycles. The molecule has 0 spiro atoms. The van der Waals surface area contributed by atoms with Crippen LogP contribution in [-0.4, -0.2) is 65.9 Å². The number of amidine groups is 1. The molecule has 0 saturated heterocycles. The lowest BCUT2D eigenvalue weighted by molar-refractivity contribution is 0.0550. The van der Waals surface area contributed by atoms with Gasteiger partial charge in [-0.25, -0.2) is 24.5 Å². The van der Waals surface area contributed by atoms with Crippen LogP contribution in [0.4, 0.5) is 5.95 Å². The van der Waals surface area contributed by atoms with Crippen molar-refractivity contribution in [2.45, 2.75) is 6.92 Å². The van der Waals surface area contributed by atoms with E-state index in [1.165, 1.54) is 6.07 Å². The van der Waals surface area contributed by atoms with Crippen LogP contribution in [0, 0.1) is 0 Å². The number of fused-ring (bicyclic) bond motifs is 1. The van der Waals surface area contributed by atoms with Gasteiger partial charge in [0.2, 0.25) is 5.95 Å². The number of aromatic nitrogens is 3. The molecule has 0 saturated carbocycles. The van der Waals surface area contributed by atoms with E-state index in [0.717, 1.165) is 14.2 Å². The maximum Gasteiger partial charge on any atom is 0.357 e. The predicted octanol–water partition coefficient (Wildman–Crippen LogP) is 0.503. The van der Waals surface area contributed by atoms with Crippen LogP contribution in [-0.2, 0) is 9.47 Å². The van der Waals surface area contributed by atoms with Gasteiger partial charge in [-0.2, -0.15) is 0 Å². The lowest BCUT2D eigenvalue weighted by Crippen LogP contribution is -2.20. The summed E-state index contributed by atoms with van der Waals surface area (Å²) in [6, 6.07) is 1.25. The number of nitrogens with zero attached hydrogens (tertiary/aromatic N) is 4. The van der Waals surface area contributed by atoms with Gasteiger partial charge in [-0.15, -0.1) is 0 Å². The fraction of sp³-hybridized carbons (Fsp3) is 0.333. The largest absolute Gasteiger partial charge is 0.465 e. The normalized spacial score (nSPS) is 11.3. The molecule has 2 aromatic rings. The number of carbonyl (C=O) groups is 2. The molecule has 0 aliphatic heterocycles. The third kappa shape index (κ3) is 3.62. The van der Waals surface area contributed by atoms with E-state index in [1.807, 2.05) is 0 Å². The van der Waals surface area contributed by atoms with Crippen molar-refractivity contribution in [3.8, 4) is 0 Å². The molecule has 0 radical (unpaired) electrons. The zero-order valence-corrected chi connectivity index (χ0v) is 14.4. The Hall–Kier alpha value is -3.30. The summed E-state index contributed by atoms with van der Waals surface area (Å²) in [4.78, 5) is 52.5. The van der Waals surface area contributed by atoms with Crippen LogP contribution in [0.15, 0.2) is 15.9 Å². The molecular formula is C15H17N5O5. The number of ether oxygens (including phenoxy) is 2. The van der Waals surface area contributed by atoms with Crippen LogP contribution in [0.2, 0.25) is 0 Å². The lowest BCUT2D eigenvalue weighted by Gasteiger charge is -2.11. The number of hydrogen-bond acceptors (Lipinski definition) is 8. The Bertz CT molecular complexity index is 932. The van der Waals surface area contributed by atoms with Crippen LogP contribution in [0.25, 0.3) is 11.0 Å². The first kappa shape index (κ1) is 18.0. The maximum absolute atomic E-state index is 12.3. The fourth-order valence-corrected chi connectivity index (χ4v) is 1.88. The summed E-state index contributed by atoms with van der Waals surface area (Å²) in [5.41, 5.74) is -1.09. The quantitative estimate of drug-likeness (QED) is 0.483. The number of hydrogen-bond donors (Lipinski definition) is 1. The molecule has 0 unspecified atom stereocenters. The molecule has 10 nitrogen and oxygen atoms in total. The molecule has 0 amide bonds. The number of carbonyl (C=O) groups excluding carboxylic acids is 2. The Morgan fingerprint density at radius 2 is 1.80 bits per heavy atom. The zero-order chi connectivity index (χ0) is 18.7. The average molecular weight is 347 g/mol. The Kier molecular flexibility index (Phi) is 5.11. The second kappa shape index (κ2) is 7.07. The van der Waals surface area contributed by atoms with Crippen molar-refractivity contribution in [1.82, 2.24) is 19.9 Å². The highest BCUT2D eigenvalue weighted by atomic mass is 16.5. The lowest BCUT2D eigenvalue weighted by atomic mass is 10.1. The summed E-state index contributed by atoms with van der Waals surface area (Å²) in [5.74, 6) is -1.01. The first-order valence-electron chi connectivity index (χ1n) is 7.12. The third-order valence-corrected chi connectivity index (χ3v) is 3.37. The molecule has 0 aliphatic rings. The second-order valence-electron chi connectivity index (χ2n) is 5.18. The monoisotopic (exact) mass is 347 g/mol. The molecule has 0 atom stereocenters. The SMILES string of the molecule is COC(=O)c1cc2nc(/N=C(\C)N(C)C)[nH]c(=O)c2nc1C(=O)OC. The van der Waals surface area contributed by atoms with Crippen LogP contribution < -0.4 is 5.56 Å². The van der Waals surface area contributed by atoms with E-state index < -0.39 is 17.5 Å². The van der Waals surface area contributed by atoms with Gasteiger partial charge in [-0.05, 0) is 13.0 Å². The Morgan fingerprint density at radius 3 is 2.36 bits per heavy atom. The first-order chi connectivity index (χ1) is 11.8. The van der Waals surface area contributed by atoms with Crippen molar-refractivity contribution in [3.63, 3.8) is 0 Å². The van der Waals surface area contributed by atoms with Crippen LogP contribution >= 0.6 is 0 Å². The molecule has 25 heavy (non-hydrogen) atoms. The number of aliphatic imine (C=N–C) groups is 1. The molecule has 1 N–H and O–H groups in total. The van der Waals surface area contributed by atoms with Gasteiger partial charge in [0.15, 0.2) is 11.2 Å². The Labute approximate surface area is 142 Å². The van der Waals surface area contributed by atoms with Gasteiger partial charge in [-0.1, -0.05) is 0 Å². The highest BCUT2D eigenvalue weighted by Crippen LogP contribution is 2.17. The van der Waals surface area contributed by atoms with Crippen LogP contribution in [0.3, 0.4) is 0 Å². The molecule has 0 aromatic carbocycles. The van der Waals surface area contributed by atoms with Crippen molar-refractivity contribution in [2.75, 3.05) is 28.3 Å². The number of nitrogens with one attached hydrogen (secondary N) is 1. The van der Waals surface area contributed by atoms with E-state index in [4.69, 9.17) is 0 Å². The minimum atomic E-state index is -0.868. The minimum absolute atomic E-state index is 0.0483. The number of pyridine rings is 1. The summed E-state index contributed by atoms with van der Waals surface area (Å²) in [6.07, 6.45) is 0. The average Bonchev–Trinajstić information content (AvgIpc) is 2.59. The molecule has 2 aromatic heterocycles. The summed E-state index contributed by atoms with van der Waals surface area (Å²) in [6.45, 7) is 1.74. The number of methoxy groups -OCH3 is 2. The summed E-state index contributed by atoms with van der Waals surface area (Å²) in [5, 5.41) is 0. The smallest absolute Gasteiger partial charge is 0.357 e. The Morgan fingerprint density at radius 1 is 1.16 bits per heavy atom. The molecule has 10 heteroatoms. The Balaban J connectivity index is 2.76. The minimum Gasteiger partial charge on any atom is -0.465 e. The molecule has 0 fully saturated rings. The summed E-state index contributed by atoms with van der Waals surface area (Å²) >= 11 is 0. The van der Waals surface area contributed by atoms with Gasteiger partial charge >= 0.3 is 11.9 Å². The number of rotatable bonds is 3. The van der Waals surface area contributed by atoms with Gasteiger partial charge in [0, 0.05) is 14.1 Å². The highest BCUT2D eigenvalue weighted by Gasteiger charge is 2.23. The maximum atomic E-state index is 12.3. The van der Waals surface area contributed by atoms with Crippen molar-refractivity contribution in [1.29, 1.82) is 0 Å².